The summed E-state index contributed by atoms with van der Waals surface area (Å²) in [7, 11) is 0. The van der Waals surface area contributed by atoms with Gasteiger partial charge in [0.2, 0.25) is 0 Å². The second-order valence-electron chi connectivity index (χ2n) is 8.22. The Balaban J connectivity index is 1.62. The monoisotopic (exact) mass is 394 g/mol. The van der Waals surface area contributed by atoms with Gasteiger partial charge < -0.3 is 4.98 Å². The third-order valence-electron chi connectivity index (χ3n) is 5.05. The molecule has 0 bridgehead atoms. The molecule has 0 aliphatic carbocycles. The third-order valence-corrected chi connectivity index (χ3v) is 5.05. The zero-order chi connectivity index (χ0) is 20.8. The maximum Gasteiger partial charge on any atom is 0.416 e. The second kappa shape index (κ2) is 6.76. The van der Waals surface area contributed by atoms with Gasteiger partial charge in [0.1, 0.15) is 5.82 Å². The van der Waals surface area contributed by atoms with Crippen molar-refractivity contribution in [1.82, 2.24) is 9.97 Å². The van der Waals surface area contributed by atoms with E-state index in [2.05, 4.69) is 55.0 Å². The fraction of sp³-hybridized carbons (Fsp3) is 0.208. The Kier molecular flexibility index (Phi) is 4.49. The van der Waals surface area contributed by atoms with Gasteiger partial charge >= 0.3 is 6.18 Å². The summed E-state index contributed by atoms with van der Waals surface area (Å²) in [5.74, 6) is 0.550. The third kappa shape index (κ3) is 3.90. The summed E-state index contributed by atoms with van der Waals surface area (Å²) in [6, 6.07) is 19.9. The van der Waals surface area contributed by atoms with Gasteiger partial charge in [-0.2, -0.15) is 13.2 Å². The van der Waals surface area contributed by atoms with Crippen molar-refractivity contribution in [2.24, 2.45) is 0 Å². The molecule has 148 valence electrons. The van der Waals surface area contributed by atoms with Gasteiger partial charge in [0, 0.05) is 5.56 Å². The quantitative estimate of drug-likeness (QED) is 0.382. The van der Waals surface area contributed by atoms with Crippen molar-refractivity contribution in [3.63, 3.8) is 0 Å². The number of aromatic amines is 1. The number of halogens is 3. The molecule has 0 aliphatic rings. The number of hydrogen-bond acceptors (Lipinski definition) is 1. The molecule has 1 N–H and O–H groups in total. The molecule has 1 aromatic heterocycles. The van der Waals surface area contributed by atoms with E-state index in [-0.39, 0.29) is 5.41 Å². The zero-order valence-electron chi connectivity index (χ0n) is 16.4. The van der Waals surface area contributed by atoms with E-state index < -0.39 is 11.7 Å². The van der Waals surface area contributed by atoms with Crippen LogP contribution in [0.4, 0.5) is 13.2 Å². The van der Waals surface area contributed by atoms with Gasteiger partial charge in [-0.3, -0.25) is 0 Å². The minimum absolute atomic E-state index is 0.107. The molecular weight excluding hydrogens is 373 g/mol. The Hall–Kier alpha value is -3.08. The standard InChI is InChI=1S/C24H21F3N2/c1-23(2,3)18-10-8-16(9-11-18)15-4-6-17(7-5-15)22-28-20-13-12-19(24(25,26)27)14-21(20)29-22/h4-14H,1-3H3,(H,28,29). The number of H-pyrrole nitrogens is 1. The Bertz CT molecular complexity index is 1150. The topological polar surface area (TPSA) is 28.7 Å². The van der Waals surface area contributed by atoms with E-state index in [9.17, 15) is 13.2 Å². The predicted molar refractivity (Wildman–Crippen MR) is 111 cm³/mol. The van der Waals surface area contributed by atoms with Gasteiger partial charge in [0.15, 0.2) is 0 Å². The highest BCUT2D eigenvalue weighted by molar-refractivity contribution is 5.80. The van der Waals surface area contributed by atoms with Crippen LogP contribution in [0.3, 0.4) is 0 Å². The van der Waals surface area contributed by atoms with Crippen molar-refractivity contribution in [3.8, 4) is 22.5 Å². The first-order valence-electron chi connectivity index (χ1n) is 9.39. The van der Waals surface area contributed by atoms with E-state index in [1.54, 1.807) is 0 Å². The number of imidazole rings is 1. The number of rotatable bonds is 2. The summed E-state index contributed by atoms with van der Waals surface area (Å²) in [5, 5.41) is 0. The van der Waals surface area contributed by atoms with Crippen LogP contribution in [0.2, 0.25) is 0 Å². The van der Waals surface area contributed by atoms with E-state index in [4.69, 9.17) is 0 Å². The molecule has 0 aliphatic heterocycles. The maximum absolute atomic E-state index is 12.9. The average molecular weight is 394 g/mol. The van der Waals surface area contributed by atoms with Gasteiger partial charge in [-0.05, 0) is 40.3 Å². The molecule has 0 amide bonds. The van der Waals surface area contributed by atoms with Crippen molar-refractivity contribution >= 4 is 11.0 Å². The van der Waals surface area contributed by atoms with Crippen molar-refractivity contribution < 1.29 is 13.2 Å². The van der Waals surface area contributed by atoms with E-state index in [1.165, 1.54) is 11.6 Å². The number of nitrogens with one attached hydrogen (secondary N) is 1. The minimum Gasteiger partial charge on any atom is -0.338 e. The van der Waals surface area contributed by atoms with Crippen LogP contribution in [0.15, 0.2) is 66.7 Å². The summed E-state index contributed by atoms with van der Waals surface area (Å²) >= 11 is 0. The highest BCUT2D eigenvalue weighted by atomic mass is 19.4. The van der Waals surface area contributed by atoms with Gasteiger partial charge in [0.05, 0.1) is 16.6 Å². The number of hydrogen-bond donors (Lipinski definition) is 1. The van der Waals surface area contributed by atoms with Crippen molar-refractivity contribution in [2.75, 3.05) is 0 Å². The summed E-state index contributed by atoms with van der Waals surface area (Å²) in [5.41, 5.74) is 4.58. The normalized spacial score (nSPS) is 12.5. The molecule has 0 atom stereocenters. The van der Waals surface area contributed by atoms with Crippen LogP contribution in [-0.2, 0) is 11.6 Å². The Labute approximate surface area is 167 Å². The fourth-order valence-corrected chi connectivity index (χ4v) is 3.30. The highest BCUT2D eigenvalue weighted by Crippen LogP contribution is 2.32. The van der Waals surface area contributed by atoms with Crippen LogP contribution < -0.4 is 0 Å². The molecule has 0 unspecified atom stereocenters. The van der Waals surface area contributed by atoms with Gasteiger partial charge in [-0.15, -0.1) is 0 Å². The van der Waals surface area contributed by atoms with Crippen LogP contribution in [0, 0.1) is 0 Å². The maximum atomic E-state index is 12.9. The molecule has 29 heavy (non-hydrogen) atoms. The molecule has 0 saturated carbocycles. The second-order valence-corrected chi connectivity index (χ2v) is 8.22. The number of fused-ring (bicyclic) bond motifs is 1. The van der Waals surface area contributed by atoms with Gasteiger partial charge in [-0.1, -0.05) is 69.3 Å². The molecule has 4 rings (SSSR count). The Morgan fingerprint density at radius 2 is 1.21 bits per heavy atom. The van der Waals surface area contributed by atoms with Crippen LogP contribution >= 0.6 is 0 Å². The number of alkyl halides is 3. The molecule has 4 aromatic rings. The molecule has 1 heterocycles. The molecule has 3 aromatic carbocycles. The first-order chi connectivity index (χ1) is 13.6. The average Bonchev–Trinajstić information content (AvgIpc) is 3.10. The summed E-state index contributed by atoms with van der Waals surface area (Å²) in [6.45, 7) is 6.55. The number of aromatic nitrogens is 2. The minimum atomic E-state index is -4.38. The Morgan fingerprint density at radius 3 is 1.76 bits per heavy atom. The van der Waals surface area contributed by atoms with E-state index in [0.717, 1.165) is 28.8 Å². The summed E-state index contributed by atoms with van der Waals surface area (Å²) in [4.78, 5) is 7.44. The van der Waals surface area contributed by atoms with Gasteiger partial charge in [-0.25, -0.2) is 4.98 Å². The molecule has 5 heteroatoms. The van der Waals surface area contributed by atoms with Crippen LogP contribution in [-0.4, -0.2) is 9.97 Å². The smallest absolute Gasteiger partial charge is 0.338 e. The zero-order valence-corrected chi connectivity index (χ0v) is 16.4. The van der Waals surface area contributed by atoms with Crippen molar-refractivity contribution in [3.05, 3.63) is 77.9 Å². The first-order valence-corrected chi connectivity index (χ1v) is 9.39. The van der Waals surface area contributed by atoms with Crippen molar-refractivity contribution in [1.29, 1.82) is 0 Å². The molecule has 0 saturated heterocycles. The van der Waals surface area contributed by atoms with E-state index in [1.807, 2.05) is 24.3 Å². The fourth-order valence-electron chi connectivity index (χ4n) is 3.30. The SMILES string of the molecule is CC(C)(C)c1ccc(-c2ccc(-c3nc4cc(C(F)(F)F)ccc4[nH]3)cc2)cc1. The van der Waals surface area contributed by atoms with E-state index in [0.29, 0.717) is 16.9 Å². The summed E-state index contributed by atoms with van der Waals surface area (Å²) in [6.07, 6.45) is -4.38. The Morgan fingerprint density at radius 1 is 0.690 bits per heavy atom. The lowest BCUT2D eigenvalue weighted by Crippen LogP contribution is -2.10. The van der Waals surface area contributed by atoms with Crippen LogP contribution in [0.1, 0.15) is 31.9 Å². The highest BCUT2D eigenvalue weighted by Gasteiger charge is 2.30. The van der Waals surface area contributed by atoms with E-state index >= 15 is 0 Å². The van der Waals surface area contributed by atoms with Crippen LogP contribution in [0.5, 0.6) is 0 Å². The number of benzene rings is 3. The molecule has 0 radical (unpaired) electrons. The summed E-state index contributed by atoms with van der Waals surface area (Å²) < 4.78 is 38.7. The van der Waals surface area contributed by atoms with Crippen molar-refractivity contribution in [2.45, 2.75) is 32.4 Å². The largest absolute Gasteiger partial charge is 0.416 e. The lowest BCUT2D eigenvalue weighted by atomic mass is 9.86. The van der Waals surface area contributed by atoms with Crippen LogP contribution in [0.25, 0.3) is 33.5 Å². The molecular formula is C24H21F3N2. The lowest BCUT2D eigenvalue weighted by molar-refractivity contribution is -0.137. The first kappa shape index (κ1) is 19.2. The van der Waals surface area contributed by atoms with Gasteiger partial charge in [0.25, 0.3) is 0 Å². The molecule has 2 nitrogen and oxygen atoms in total. The predicted octanol–water partition coefficient (Wildman–Crippen LogP) is 7.21. The lowest BCUT2D eigenvalue weighted by Gasteiger charge is -2.19. The molecule has 0 fully saturated rings. The number of nitrogens with zero attached hydrogens (tertiary/aromatic N) is 1. The molecule has 0 spiro atoms.